The fourth-order valence-corrected chi connectivity index (χ4v) is 0.887. The van der Waals surface area contributed by atoms with Gasteiger partial charge in [0.25, 0.3) is 0 Å². The van der Waals surface area contributed by atoms with Gasteiger partial charge in [-0.05, 0) is 6.92 Å². The van der Waals surface area contributed by atoms with Crippen molar-refractivity contribution in [1.82, 2.24) is 5.32 Å². The third-order valence-corrected chi connectivity index (χ3v) is 1.48. The molecule has 9 heavy (non-hydrogen) atoms. The van der Waals surface area contributed by atoms with Gasteiger partial charge in [-0.1, -0.05) is 0 Å². The second-order valence-corrected chi connectivity index (χ2v) is 2.32. The van der Waals surface area contributed by atoms with Gasteiger partial charge in [-0.25, -0.2) is 5.11 Å². The molecule has 1 N–H and O–H groups in total. The summed E-state index contributed by atoms with van der Waals surface area (Å²) >= 11 is 0. The Hall–Kier alpha value is -0.120. The summed E-state index contributed by atoms with van der Waals surface area (Å²) in [5.41, 5.74) is 0. The van der Waals surface area contributed by atoms with Crippen LogP contribution < -0.4 is 5.32 Å². The largest absolute Gasteiger partial charge is 0.373 e. The van der Waals surface area contributed by atoms with E-state index < -0.39 is 6.10 Å². The normalized spacial score (nSPS) is 32.0. The molecule has 2 atom stereocenters. The minimum absolute atomic E-state index is 0.112. The molecule has 0 bridgehead atoms. The van der Waals surface area contributed by atoms with Gasteiger partial charge in [0.15, 0.2) is 0 Å². The summed E-state index contributed by atoms with van der Waals surface area (Å²) in [6.45, 7) is 3.91. The van der Waals surface area contributed by atoms with Gasteiger partial charge in [-0.3, -0.25) is 0 Å². The van der Waals surface area contributed by atoms with Gasteiger partial charge in [0.2, 0.25) is 0 Å². The van der Waals surface area contributed by atoms with Crippen LogP contribution in [0.2, 0.25) is 0 Å². The fourth-order valence-electron chi connectivity index (χ4n) is 0.887. The Morgan fingerprint density at radius 2 is 2.56 bits per heavy atom. The number of nitrogens with one attached hydrogen (secondary N) is 1. The summed E-state index contributed by atoms with van der Waals surface area (Å²) in [5.74, 6) is 0. The lowest BCUT2D eigenvalue weighted by molar-refractivity contribution is -0.0705. The zero-order valence-electron chi connectivity index (χ0n) is 5.59. The highest BCUT2D eigenvalue weighted by Crippen LogP contribution is 2.00. The molecule has 1 heterocycles. The third kappa shape index (κ3) is 1.93. The molecule has 1 radical (unpaired) electrons. The first-order valence-electron chi connectivity index (χ1n) is 3.29. The molecule has 3 heteroatoms. The second-order valence-electron chi connectivity index (χ2n) is 2.32. The van der Waals surface area contributed by atoms with Crippen molar-refractivity contribution >= 4 is 0 Å². The van der Waals surface area contributed by atoms with Crippen LogP contribution in [-0.2, 0) is 9.84 Å². The molecule has 0 amide bonds. The van der Waals surface area contributed by atoms with Gasteiger partial charge >= 0.3 is 0 Å². The highest BCUT2D eigenvalue weighted by molar-refractivity contribution is 4.70. The highest BCUT2D eigenvalue weighted by Gasteiger charge is 2.18. The zero-order chi connectivity index (χ0) is 6.69. The maximum Gasteiger partial charge on any atom is 0.117 e. The minimum atomic E-state index is -0.599. The summed E-state index contributed by atoms with van der Waals surface area (Å²) < 4.78 is 5.16. The van der Waals surface area contributed by atoms with Crippen molar-refractivity contribution in [3.8, 4) is 0 Å². The van der Waals surface area contributed by atoms with E-state index in [4.69, 9.17) is 4.74 Å². The zero-order valence-corrected chi connectivity index (χ0v) is 5.59. The monoisotopic (exact) mass is 130 g/mol. The van der Waals surface area contributed by atoms with Crippen LogP contribution in [0.4, 0.5) is 0 Å². The average Bonchev–Trinajstić information content (AvgIpc) is 1.90. The molecule has 1 saturated heterocycles. The molecule has 3 nitrogen and oxygen atoms in total. The molecule has 1 rings (SSSR count). The van der Waals surface area contributed by atoms with Crippen LogP contribution in [0.1, 0.15) is 6.92 Å². The van der Waals surface area contributed by atoms with Crippen LogP contribution in [0, 0.1) is 0 Å². The lowest BCUT2D eigenvalue weighted by Gasteiger charge is -2.24. The molecular formula is C6H12NO2. The van der Waals surface area contributed by atoms with Crippen LogP contribution in [0.3, 0.4) is 0 Å². The SMILES string of the molecule is CC([O])C1CNCCO1. The van der Waals surface area contributed by atoms with Gasteiger partial charge in [-0.15, -0.1) is 0 Å². The van der Waals surface area contributed by atoms with Crippen molar-refractivity contribution in [2.75, 3.05) is 19.7 Å². The first-order valence-corrected chi connectivity index (χ1v) is 3.29. The predicted molar refractivity (Wildman–Crippen MR) is 32.8 cm³/mol. The van der Waals surface area contributed by atoms with E-state index in [2.05, 4.69) is 5.32 Å². The Morgan fingerprint density at radius 3 is 2.89 bits per heavy atom. The summed E-state index contributed by atoms with van der Waals surface area (Å²) in [6, 6.07) is 0. The van der Waals surface area contributed by atoms with Crippen molar-refractivity contribution in [1.29, 1.82) is 0 Å². The topological polar surface area (TPSA) is 41.2 Å². The Bertz CT molecular complexity index is 79.1. The number of ether oxygens (including phenoxy) is 1. The van der Waals surface area contributed by atoms with Crippen molar-refractivity contribution in [3.05, 3.63) is 0 Å². The van der Waals surface area contributed by atoms with E-state index >= 15 is 0 Å². The molecule has 1 aliphatic heterocycles. The molecule has 0 aromatic carbocycles. The van der Waals surface area contributed by atoms with E-state index in [1.807, 2.05) is 0 Å². The third-order valence-electron chi connectivity index (χ3n) is 1.48. The maximum absolute atomic E-state index is 10.7. The summed E-state index contributed by atoms with van der Waals surface area (Å²) in [5, 5.41) is 13.8. The molecule has 0 spiro atoms. The van der Waals surface area contributed by atoms with Crippen molar-refractivity contribution in [3.63, 3.8) is 0 Å². The molecule has 0 saturated carbocycles. The Morgan fingerprint density at radius 1 is 1.78 bits per heavy atom. The van der Waals surface area contributed by atoms with E-state index in [0.717, 1.165) is 6.54 Å². The molecule has 1 fully saturated rings. The van der Waals surface area contributed by atoms with E-state index in [0.29, 0.717) is 13.2 Å². The van der Waals surface area contributed by atoms with Gasteiger partial charge in [0, 0.05) is 13.1 Å². The summed E-state index contributed by atoms with van der Waals surface area (Å²) in [6.07, 6.45) is -0.712. The second kappa shape index (κ2) is 3.15. The minimum Gasteiger partial charge on any atom is -0.373 e. The van der Waals surface area contributed by atoms with Gasteiger partial charge in [0.1, 0.15) is 6.10 Å². The van der Waals surface area contributed by atoms with E-state index in [-0.39, 0.29) is 6.10 Å². The predicted octanol–water partition coefficient (Wildman–Crippen LogP) is -0.206. The van der Waals surface area contributed by atoms with Crippen LogP contribution in [0.25, 0.3) is 0 Å². The number of hydrogen-bond donors (Lipinski definition) is 1. The Labute approximate surface area is 55.0 Å². The van der Waals surface area contributed by atoms with Crippen LogP contribution in [0.5, 0.6) is 0 Å². The summed E-state index contributed by atoms with van der Waals surface area (Å²) in [7, 11) is 0. The van der Waals surface area contributed by atoms with E-state index in [1.54, 1.807) is 6.92 Å². The molecule has 53 valence electrons. The molecule has 2 unspecified atom stereocenters. The first kappa shape index (κ1) is 6.99. The smallest absolute Gasteiger partial charge is 0.117 e. The highest BCUT2D eigenvalue weighted by atomic mass is 16.5. The van der Waals surface area contributed by atoms with Gasteiger partial charge in [-0.2, -0.15) is 0 Å². The molecular weight excluding hydrogens is 118 g/mol. The van der Waals surface area contributed by atoms with Gasteiger partial charge < -0.3 is 10.1 Å². The fraction of sp³-hybridized carbons (Fsp3) is 1.00. The molecule has 0 aromatic rings. The van der Waals surface area contributed by atoms with Crippen LogP contribution in [0.15, 0.2) is 0 Å². The van der Waals surface area contributed by atoms with Crippen LogP contribution >= 0.6 is 0 Å². The number of rotatable bonds is 1. The van der Waals surface area contributed by atoms with Crippen molar-refractivity contribution < 1.29 is 9.84 Å². The molecule has 0 aromatic heterocycles. The average molecular weight is 130 g/mol. The van der Waals surface area contributed by atoms with Crippen molar-refractivity contribution in [2.24, 2.45) is 0 Å². The van der Waals surface area contributed by atoms with Crippen molar-refractivity contribution in [2.45, 2.75) is 19.1 Å². The Kier molecular flexibility index (Phi) is 2.45. The van der Waals surface area contributed by atoms with Crippen LogP contribution in [-0.4, -0.2) is 31.9 Å². The summed E-state index contributed by atoms with van der Waals surface area (Å²) in [4.78, 5) is 0. The van der Waals surface area contributed by atoms with E-state index in [9.17, 15) is 5.11 Å². The van der Waals surface area contributed by atoms with Gasteiger partial charge in [0.05, 0.1) is 12.7 Å². The lowest BCUT2D eigenvalue weighted by atomic mass is 10.2. The Balaban J connectivity index is 2.23. The number of morpholine rings is 1. The quantitative estimate of drug-likeness (QED) is 0.533. The first-order chi connectivity index (χ1) is 4.30. The number of hydrogen-bond acceptors (Lipinski definition) is 2. The lowest BCUT2D eigenvalue weighted by Crippen LogP contribution is -2.43. The maximum atomic E-state index is 10.7. The molecule has 0 aliphatic carbocycles. The van der Waals surface area contributed by atoms with E-state index in [1.165, 1.54) is 0 Å². The standard InChI is InChI=1S/C6H12NO2/c1-5(8)6-4-7-2-3-9-6/h5-7H,2-4H2,1H3. The molecule has 1 aliphatic rings.